The fraction of sp³-hybridized carbons (Fsp3) is 0.241. The van der Waals surface area contributed by atoms with Gasteiger partial charge in [-0.05, 0) is 40.5 Å². The molecule has 0 aliphatic heterocycles. The number of rotatable bonds is 11. The maximum absolute atomic E-state index is 15.4. The van der Waals surface area contributed by atoms with Crippen molar-refractivity contribution in [1.29, 1.82) is 0 Å². The third-order valence-corrected chi connectivity index (χ3v) is 7.42. The highest BCUT2D eigenvalue weighted by molar-refractivity contribution is 7.90. The van der Waals surface area contributed by atoms with Gasteiger partial charge in [-0.15, -0.1) is 0 Å². The molecule has 0 bridgehead atoms. The fourth-order valence-electron chi connectivity index (χ4n) is 4.26. The van der Waals surface area contributed by atoms with Gasteiger partial charge in [-0.2, -0.15) is 8.42 Å². The second kappa shape index (κ2) is 13.1. The van der Waals surface area contributed by atoms with E-state index in [1.54, 1.807) is 30.3 Å². The molecule has 3 aromatic carbocycles. The Bertz CT molecular complexity index is 1780. The number of carbonyl (C=O) groups excluding carboxylic acids is 1. The lowest BCUT2D eigenvalue weighted by Crippen LogP contribution is -2.27. The van der Waals surface area contributed by atoms with Crippen molar-refractivity contribution in [2.24, 2.45) is 0 Å². The number of halogens is 2. The summed E-state index contributed by atoms with van der Waals surface area (Å²) < 4.78 is 67.4. The molecule has 4 aromatic rings. The average molecular weight is 601 g/mol. The highest BCUT2D eigenvalue weighted by Gasteiger charge is 2.20. The summed E-state index contributed by atoms with van der Waals surface area (Å²) in [7, 11) is 0.258. The van der Waals surface area contributed by atoms with Crippen LogP contribution < -0.4 is 25.1 Å². The van der Waals surface area contributed by atoms with Crippen molar-refractivity contribution >= 4 is 33.0 Å². The van der Waals surface area contributed by atoms with Crippen molar-refractivity contribution in [3.63, 3.8) is 0 Å². The first-order valence-electron chi connectivity index (χ1n) is 12.8. The predicted octanol–water partition coefficient (Wildman–Crippen LogP) is 4.22. The Morgan fingerprint density at radius 3 is 2.45 bits per heavy atom. The molecule has 4 rings (SSSR count). The molecular weight excluding hydrogens is 570 g/mol. The van der Waals surface area contributed by atoms with E-state index in [2.05, 4.69) is 14.8 Å². The van der Waals surface area contributed by atoms with Crippen molar-refractivity contribution in [1.82, 2.24) is 14.9 Å². The van der Waals surface area contributed by atoms with Gasteiger partial charge in [0.15, 0.2) is 5.82 Å². The molecule has 0 aliphatic rings. The number of hydrogen-bond acceptors (Lipinski definition) is 7. The zero-order chi connectivity index (χ0) is 30.4. The van der Waals surface area contributed by atoms with E-state index in [1.165, 1.54) is 50.3 Å². The molecule has 0 fully saturated rings. The highest BCUT2D eigenvalue weighted by atomic mass is 32.2. The lowest BCUT2D eigenvalue weighted by atomic mass is 9.97. The van der Waals surface area contributed by atoms with E-state index < -0.39 is 34.4 Å². The van der Waals surface area contributed by atoms with Crippen LogP contribution in [0.3, 0.4) is 0 Å². The van der Waals surface area contributed by atoms with E-state index in [-0.39, 0.29) is 41.1 Å². The van der Waals surface area contributed by atoms with Gasteiger partial charge in [0.25, 0.3) is 10.2 Å². The van der Waals surface area contributed by atoms with Crippen LogP contribution in [-0.4, -0.2) is 40.6 Å². The minimum Gasteiger partial charge on any atom is -0.422 e. The van der Waals surface area contributed by atoms with Gasteiger partial charge in [0.05, 0.1) is 5.69 Å². The van der Waals surface area contributed by atoms with Crippen LogP contribution in [0.1, 0.15) is 27.8 Å². The molecule has 1 aromatic heterocycles. The maximum atomic E-state index is 15.4. The molecule has 1 heterocycles. The minimum absolute atomic E-state index is 0.0615. The van der Waals surface area contributed by atoms with Gasteiger partial charge in [-0.25, -0.2) is 23.1 Å². The van der Waals surface area contributed by atoms with Crippen LogP contribution >= 0.6 is 0 Å². The molecule has 0 aliphatic carbocycles. The zero-order valence-electron chi connectivity index (χ0n) is 23.2. The quantitative estimate of drug-likeness (QED) is 0.220. The number of amides is 1. The number of fused-ring (bicyclic) bond motifs is 1. The Morgan fingerprint density at radius 2 is 1.74 bits per heavy atom. The zero-order valence-corrected chi connectivity index (χ0v) is 24.0. The van der Waals surface area contributed by atoms with Crippen molar-refractivity contribution in [2.75, 3.05) is 25.9 Å². The Labute approximate surface area is 241 Å². The molecule has 0 radical (unpaired) electrons. The number of carbonyl (C=O) groups is 1. The first-order chi connectivity index (χ1) is 20.0. The lowest BCUT2D eigenvalue weighted by molar-refractivity contribution is 0.172. The summed E-state index contributed by atoms with van der Waals surface area (Å²) in [6.07, 6.45) is -0.819. The van der Waals surface area contributed by atoms with Crippen LogP contribution in [0.5, 0.6) is 5.75 Å². The number of anilines is 1. The third kappa shape index (κ3) is 7.29. The van der Waals surface area contributed by atoms with Gasteiger partial charge in [-0.1, -0.05) is 36.4 Å². The molecule has 1 amide bonds. The molecule has 0 atom stereocenters. The summed E-state index contributed by atoms with van der Waals surface area (Å²) in [5.74, 6) is -0.682. The summed E-state index contributed by atoms with van der Waals surface area (Å²) in [5, 5.41) is 3.77. The maximum Gasteiger partial charge on any atom is 0.414 e. The van der Waals surface area contributed by atoms with Gasteiger partial charge in [0.1, 0.15) is 18.0 Å². The van der Waals surface area contributed by atoms with Crippen LogP contribution in [0.15, 0.2) is 69.9 Å². The molecule has 0 saturated carbocycles. The number of benzene rings is 3. The van der Waals surface area contributed by atoms with Crippen LogP contribution in [0.2, 0.25) is 0 Å². The largest absolute Gasteiger partial charge is 0.422 e. The van der Waals surface area contributed by atoms with E-state index in [9.17, 15) is 22.4 Å². The SMILES string of the molecule is CNS(=O)(=O)Nc1cccc(Cc2c(CNCc3cccc(CF)c3)c3ccc(OC(=O)N(C)C)cc3oc2=O)c1F. The monoisotopic (exact) mass is 600 g/mol. The summed E-state index contributed by atoms with van der Waals surface area (Å²) in [6, 6.07) is 15.8. The van der Waals surface area contributed by atoms with Crippen LogP contribution in [0, 0.1) is 5.82 Å². The number of alkyl halides is 1. The number of nitrogens with zero attached hydrogens (tertiary/aromatic N) is 1. The molecule has 0 unspecified atom stereocenters. The van der Waals surface area contributed by atoms with E-state index >= 15 is 4.39 Å². The fourth-order valence-corrected chi connectivity index (χ4v) is 4.81. The second-order valence-corrected chi connectivity index (χ2v) is 11.2. The molecule has 13 heteroatoms. The van der Waals surface area contributed by atoms with Crippen LogP contribution in [0.4, 0.5) is 19.3 Å². The Hall–Kier alpha value is -4.33. The topological polar surface area (TPSA) is 130 Å². The van der Waals surface area contributed by atoms with Crippen LogP contribution in [0.25, 0.3) is 11.0 Å². The number of ether oxygens (including phenoxy) is 1. The summed E-state index contributed by atoms with van der Waals surface area (Å²) in [6.45, 7) is -0.0941. The molecule has 0 spiro atoms. The number of nitrogens with one attached hydrogen (secondary N) is 3. The van der Waals surface area contributed by atoms with E-state index in [0.29, 0.717) is 23.1 Å². The van der Waals surface area contributed by atoms with Crippen molar-refractivity contribution in [2.45, 2.75) is 26.2 Å². The first-order valence-corrected chi connectivity index (χ1v) is 14.3. The molecular formula is C29H30F2N4O6S. The lowest BCUT2D eigenvalue weighted by Gasteiger charge is -2.16. The first kappa shape index (κ1) is 30.6. The normalized spacial score (nSPS) is 11.5. The van der Waals surface area contributed by atoms with E-state index in [4.69, 9.17) is 9.15 Å². The Kier molecular flexibility index (Phi) is 9.55. The Morgan fingerprint density at radius 1 is 1.00 bits per heavy atom. The van der Waals surface area contributed by atoms with Crippen molar-refractivity contribution < 1.29 is 31.1 Å². The van der Waals surface area contributed by atoms with E-state index in [0.717, 1.165) is 5.56 Å². The molecule has 0 saturated heterocycles. The summed E-state index contributed by atoms with van der Waals surface area (Å²) >= 11 is 0. The molecule has 10 nitrogen and oxygen atoms in total. The third-order valence-electron chi connectivity index (χ3n) is 6.40. The minimum atomic E-state index is -3.98. The predicted molar refractivity (Wildman–Crippen MR) is 155 cm³/mol. The average Bonchev–Trinajstić information content (AvgIpc) is 2.96. The highest BCUT2D eigenvalue weighted by Crippen LogP contribution is 2.28. The standard InChI is InChI=1S/C29H30F2N4O6S/c1-32-42(38,39)34-25-9-5-8-20(27(25)31)13-23-24(17-33-16-19-7-4-6-18(12-19)15-30)22-11-10-21(40-29(37)35(2)3)14-26(22)41-28(23)36/h4-12,14,32-34H,13,15-17H2,1-3H3. The van der Waals surface area contributed by atoms with Gasteiger partial charge in [-0.3, -0.25) is 4.72 Å². The second-order valence-electron chi connectivity index (χ2n) is 9.59. The van der Waals surface area contributed by atoms with Gasteiger partial charge in [0, 0.05) is 57.7 Å². The van der Waals surface area contributed by atoms with Gasteiger partial charge >= 0.3 is 11.7 Å². The molecule has 3 N–H and O–H groups in total. The molecule has 42 heavy (non-hydrogen) atoms. The van der Waals surface area contributed by atoms with Crippen molar-refractivity contribution in [3.05, 3.63) is 105 Å². The van der Waals surface area contributed by atoms with E-state index in [1.807, 2.05) is 6.07 Å². The van der Waals surface area contributed by atoms with Crippen molar-refractivity contribution in [3.8, 4) is 5.75 Å². The van der Waals surface area contributed by atoms with Gasteiger partial charge < -0.3 is 19.4 Å². The molecule has 222 valence electrons. The summed E-state index contributed by atoms with van der Waals surface area (Å²) in [5.41, 5.74) is 1.21. The number of hydrogen-bond donors (Lipinski definition) is 3. The van der Waals surface area contributed by atoms with Crippen LogP contribution in [-0.2, 0) is 36.4 Å². The Balaban J connectivity index is 1.74. The summed E-state index contributed by atoms with van der Waals surface area (Å²) in [4.78, 5) is 26.6. The van der Waals surface area contributed by atoms with Gasteiger partial charge in [0.2, 0.25) is 0 Å². The smallest absolute Gasteiger partial charge is 0.414 e.